The largest absolute Gasteiger partial charge is 0.395 e. The summed E-state index contributed by atoms with van der Waals surface area (Å²) in [4.78, 5) is 13.4. The Balaban J connectivity index is 4.12. The Labute approximate surface area is 101 Å². The maximum absolute atomic E-state index is 11.9. The van der Waals surface area contributed by atoms with Gasteiger partial charge in [0.2, 0.25) is 5.91 Å². The van der Waals surface area contributed by atoms with Crippen molar-refractivity contribution in [1.82, 2.24) is 4.90 Å². The first kappa shape index (κ1) is 15.7. The molecule has 0 saturated heterocycles. The fourth-order valence-electron chi connectivity index (χ4n) is 1.26. The topological polar surface area (TPSA) is 75.8 Å². The maximum Gasteiger partial charge on any atom is 0.239 e. The highest BCUT2D eigenvalue weighted by molar-refractivity contribution is 7.98. The molecule has 1 amide bonds. The molecule has 5 nitrogen and oxygen atoms in total. The van der Waals surface area contributed by atoms with Crippen molar-refractivity contribution in [1.29, 1.82) is 0 Å². The Morgan fingerprint density at radius 3 is 2.75 bits per heavy atom. The molecule has 0 aromatic carbocycles. The standard InChI is InChI=1S/C10H22N2O3S/c1-15-7-5-12(4-6-13)10(14)9(11)3-8-16-2/h9,13H,3-8,11H2,1-2H3/t9-/m0/s1. The zero-order valence-corrected chi connectivity index (χ0v) is 10.8. The summed E-state index contributed by atoms with van der Waals surface area (Å²) in [5, 5.41) is 8.86. The average Bonchev–Trinajstić information content (AvgIpc) is 2.30. The lowest BCUT2D eigenvalue weighted by Gasteiger charge is -2.24. The lowest BCUT2D eigenvalue weighted by Crippen LogP contribution is -2.46. The van der Waals surface area contributed by atoms with E-state index in [9.17, 15) is 4.79 Å². The lowest BCUT2D eigenvalue weighted by molar-refractivity contribution is -0.133. The molecule has 0 spiro atoms. The molecule has 0 bridgehead atoms. The third-order valence-electron chi connectivity index (χ3n) is 2.20. The maximum atomic E-state index is 11.9. The Morgan fingerprint density at radius 2 is 2.25 bits per heavy atom. The monoisotopic (exact) mass is 250 g/mol. The number of carbonyl (C=O) groups is 1. The second-order valence-corrected chi connectivity index (χ2v) is 4.42. The van der Waals surface area contributed by atoms with Crippen LogP contribution in [0.25, 0.3) is 0 Å². The molecule has 3 N–H and O–H groups in total. The van der Waals surface area contributed by atoms with Crippen LogP contribution in [0.3, 0.4) is 0 Å². The van der Waals surface area contributed by atoms with Gasteiger partial charge in [0, 0.05) is 20.2 Å². The number of rotatable bonds is 9. The van der Waals surface area contributed by atoms with Crippen LogP contribution < -0.4 is 5.73 Å². The Bertz CT molecular complexity index is 193. The molecule has 0 aliphatic rings. The van der Waals surface area contributed by atoms with Crippen LogP contribution in [0.1, 0.15) is 6.42 Å². The van der Waals surface area contributed by atoms with Crippen molar-refractivity contribution in [3.05, 3.63) is 0 Å². The van der Waals surface area contributed by atoms with Crippen LogP contribution in [0.15, 0.2) is 0 Å². The first-order valence-electron chi connectivity index (χ1n) is 5.30. The third-order valence-corrected chi connectivity index (χ3v) is 2.84. The van der Waals surface area contributed by atoms with E-state index in [1.54, 1.807) is 23.8 Å². The second kappa shape index (κ2) is 9.89. The highest BCUT2D eigenvalue weighted by Gasteiger charge is 2.19. The summed E-state index contributed by atoms with van der Waals surface area (Å²) in [6, 6.07) is -0.476. The van der Waals surface area contributed by atoms with Crippen LogP contribution in [0.5, 0.6) is 0 Å². The molecule has 0 rings (SSSR count). The highest BCUT2D eigenvalue weighted by atomic mass is 32.2. The number of ether oxygens (including phenoxy) is 1. The van der Waals surface area contributed by atoms with Crippen molar-refractivity contribution < 1.29 is 14.6 Å². The van der Waals surface area contributed by atoms with E-state index in [0.29, 0.717) is 26.1 Å². The van der Waals surface area contributed by atoms with Gasteiger partial charge >= 0.3 is 0 Å². The molecule has 0 heterocycles. The molecule has 0 aliphatic heterocycles. The molecule has 0 radical (unpaired) electrons. The van der Waals surface area contributed by atoms with Crippen LogP contribution in [-0.4, -0.2) is 67.4 Å². The number of carbonyl (C=O) groups excluding carboxylic acids is 1. The smallest absolute Gasteiger partial charge is 0.239 e. The number of amides is 1. The normalized spacial score (nSPS) is 12.5. The SMILES string of the molecule is COCCN(CCO)C(=O)[C@@H](N)CCSC. The number of nitrogens with two attached hydrogens (primary N) is 1. The van der Waals surface area contributed by atoms with E-state index in [4.69, 9.17) is 15.6 Å². The minimum atomic E-state index is -0.476. The summed E-state index contributed by atoms with van der Waals surface area (Å²) in [7, 11) is 1.58. The van der Waals surface area contributed by atoms with Crippen molar-refractivity contribution in [3.63, 3.8) is 0 Å². The van der Waals surface area contributed by atoms with Gasteiger partial charge in [-0.1, -0.05) is 0 Å². The van der Waals surface area contributed by atoms with Gasteiger partial charge in [-0.15, -0.1) is 0 Å². The minimum Gasteiger partial charge on any atom is -0.395 e. The van der Waals surface area contributed by atoms with Crippen molar-refractivity contribution in [2.45, 2.75) is 12.5 Å². The van der Waals surface area contributed by atoms with Gasteiger partial charge in [-0.3, -0.25) is 4.79 Å². The summed E-state index contributed by atoms with van der Waals surface area (Å²) in [6.45, 7) is 1.20. The van der Waals surface area contributed by atoms with Crippen molar-refractivity contribution in [3.8, 4) is 0 Å². The van der Waals surface area contributed by atoms with E-state index in [1.165, 1.54) is 0 Å². The fourth-order valence-corrected chi connectivity index (χ4v) is 1.75. The van der Waals surface area contributed by atoms with Gasteiger partial charge in [0.15, 0.2) is 0 Å². The number of thioether (sulfide) groups is 1. The molecular weight excluding hydrogens is 228 g/mol. The molecule has 0 aliphatic carbocycles. The summed E-state index contributed by atoms with van der Waals surface area (Å²) < 4.78 is 4.91. The van der Waals surface area contributed by atoms with Gasteiger partial charge in [0.25, 0.3) is 0 Å². The van der Waals surface area contributed by atoms with Gasteiger partial charge in [-0.05, 0) is 18.4 Å². The van der Waals surface area contributed by atoms with Gasteiger partial charge in [0.05, 0.1) is 19.3 Å². The summed E-state index contributed by atoms with van der Waals surface area (Å²) in [6.07, 6.45) is 2.64. The number of nitrogens with zero attached hydrogens (tertiary/aromatic N) is 1. The molecule has 16 heavy (non-hydrogen) atoms. The number of hydrogen-bond donors (Lipinski definition) is 2. The Hall–Kier alpha value is -0.300. The molecular formula is C10H22N2O3S. The van der Waals surface area contributed by atoms with Gasteiger partial charge in [-0.25, -0.2) is 0 Å². The summed E-state index contributed by atoms with van der Waals surface area (Å²) in [5.74, 6) is 0.754. The second-order valence-electron chi connectivity index (χ2n) is 3.43. The van der Waals surface area contributed by atoms with E-state index in [2.05, 4.69) is 0 Å². The summed E-state index contributed by atoms with van der Waals surface area (Å²) >= 11 is 1.67. The van der Waals surface area contributed by atoms with Crippen molar-refractivity contribution in [2.24, 2.45) is 5.73 Å². The van der Waals surface area contributed by atoms with Gasteiger partial charge in [-0.2, -0.15) is 11.8 Å². The van der Waals surface area contributed by atoms with E-state index in [-0.39, 0.29) is 12.5 Å². The minimum absolute atomic E-state index is 0.0509. The summed E-state index contributed by atoms with van der Waals surface area (Å²) in [5.41, 5.74) is 5.78. The number of hydrogen-bond acceptors (Lipinski definition) is 5. The first-order valence-corrected chi connectivity index (χ1v) is 6.69. The number of methoxy groups -OCH3 is 1. The van der Waals surface area contributed by atoms with Crippen LogP contribution in [0, 0.1) is 0 Å². The predicted octanol–water partition coefficient (Wildman–Crippen LogP) is -0.466. The number of aliphatic hydroxyl groups excluding tert-OH is 1. The fraction of sp³-hybridized carbons (Fsp3) is 0.900. The van der Waals surface area contributed by atoms with Crippen molar-refractivity contribution in [2.75, 3.05) is 45.4 Å². The molecule has 0 saturated carbocycles. The molecule has 0 unspecified atom stereocenters. The average molecular weight is 250 g/mol. The molecule has 1 atom stereocenters. The predicted molar refractivity (Wildman–Crippen MR) is 66.5 cm³/mol. The van der Waals surface area contributed by atoms with Crippen LogP contribution in [-0.2, 0) is 9.53 Å². The van der Waals surface area contributed by atoms with E-state index in [1.807, 2.05) is 6.26 Å². The van der Waals surface area contributed by atoms with Gasteiger partial charge < -0.3 is 20.5 Å². The van der Waals surface area contributed by atoms with Crippen LogP contribution in [0.4, 0.5) is 0 Å². The van der Waals surface area contributed by atoms with Crippen LogP contribution in [0.2, 0.25) is 0 Å². The zero-order valence-electron chi connectivity index (χ0n) is 10.0. The van der Waals surface area contributed by atoms with E-state index in [0.717, 1.165) is 5.75 Å². The molecule has 6 heteroatoms. The highest BCUT2D eigenvalue weighted by Crippen LogP contribution is 2.02. The van der Waals surface area contributed by atoms with E-state index < -0.39 is 6.04 Å². The van der Waals surface area contributed by atoms with Gasteiger partial charge in [0.1, 0.15) is 0 Å². The van der Waals surface area contributed by atoms with E-state index >= 15 is 0 Å². The Morgan fingerprint density at radius 1 is 1.56 bits per heavy atom. The first-order chi connectivity index (χ1) is 7.67. The molecule has 0 aromatic heterocycles. The molecule has 96 valence electrons. The Kier molecular flexibility index (Phi) is 9.71. The number of aliphatic hydroxyl groups is 1. The van der Waals surface area contributed by atoms with Crippen molar-refractivity contribution >= 4 is 17.7 Å². The zero-order chi connectivity index (χ0) is 12.4. The molecule has 0 fully saturated rings. The lowest BCUT2D eigenvalue weighted by atomic mass is 10.2. The quantitative estimate of drug-likeness (QED) is 0.579. The molecule has 0 aromatic rings. The third kappa shape index (κ3) is 6.32. The van der Waals surface area contributed by atoms with Crippen LogP contribution >= 0.6 is 11.8 Å².